The fourth-order valence-corrected chi connectivity index (χ4v) is 3.04. The van der Waals surface area contributed by atoms with E-state index in [1.165, 1.54) is 12.2 Å². The Balaban J connectivity index is 1.69. The maximum Gasteiger partial charge on any atom is 0.331 e. The van der Waals surface area contributed by atoms with Gasteiger partial charge in [-0.2, -0.15) is 0 Å². The lowest BCUT2D eigenvalue weighted by Crippen LogP contribution is -2.29. The van der Waals surface area contributed by atoms with Crippen molar-refractivity contribution in [3.63, 3.8) is 0 Å². The number of ether oxygens (including phenoxy) is 2. The summed E-state index contributed by atoms with van der Waals surface area (Å²) in [7, 11) is 1.55. The molecule has 0 aliphatic heterocycles. The number of para-hydroxylation sites is 1. The van der Waals surface area contributed by atoms with Crippen molar-refractivity contribution >= 4 is 24.0 Å². The van der Waals surface area contributed by atoms with Gasteiger partial charge >= 0.3 is 5.97 Å². The van der Waals surface area contributed by atoms with Gasteiger partial charge in [0.1, 0.15) is 11.9 Å². The van der Waals surface area contributed by atoms with E-state index in [9.17, 15) is 9.59 Å². The smallest absolute Gasteiger partial charge is 0.331 e. The maximum absolute atomic E-state index is 12.5. The molecule has 3 rings (SSSR count). The molecule has 1 unspecified atom stereocenters. The van der Waals surface area contributed by atoms with Crippen LogP contribution in [0.25, 0.3) is 12.2 Å². The predicted octanol–water partition coefficient (Wildman–Crippen LogP) is 4.82. The minimum absolute atomic E-state index is 0.100. The van der Waals surface area contributed by atoms with E-state index in [2.05, 4.69) is 5.32 Å². The van der Waals surface area contributed by atoms with Gasteiger partial charge in [0.2, 0.25) is 5.91 Å². The largest absolute Gasteiger partial charge is 0.496 e. The highest BCUT2D eigenvalue weighted by atomic mass is 16.5. The fraction of sp³-hybridized carbons (Fsp3) is 0.111. The van der Waals surface area contributed by atoms with Crippen LogP contribution in [0.15, 0.2) is 97.1 Å². The Labute approximate surface area is 188 Å². The summed E-state index contributed by atoms with van der Waals surface area (Å²) in [6.45, 7) is 0.100. The zero-order valence-corrected chi connectivity index (χ0v) is 17.8. The van der Waals surface area contributed by atoms with Crippen molar-refractivity contribution in [2.45, 2.75) is 6.10 Å². The lowest BCUT2D eigenvalue weighted by atomic mass is 10.1. The van der Waals surface area contributed by atoms with E-state index in [1.807, 2.05) is 78.9 Å². The van der Waals surface area contributed by atoms with Crippen molar-refractivity contribution in [1.82, 2.24) is 5.32 Å². The molecule has 0 saturated carbocycles. The number of carbonyl (C=O) groups excluding carboxylic acids is 2. The molecule has 0 radical (unpaired) electrons. The number of esters is 1. The molecule has 1 N–H and O–H groups in total. The molecule has 32 heavy (non-hydrogen) atoms. The van der Waals surface area contributed by atoms with Gasteiger partial charge in [-0.1, -0.05) is 78.9 Å². The molecule has 3 aromatic carbocycles. The van der Waals surface area contributed by atoms with Crippen LogP contribution in [0, 0.1) is 0 Å². The van der Waals surface area contributed by atoms with E-state index in [0.29, 0.717) is 11.3 Å². The van der Waals surface area contributed by atoms with Crippen molar-refractivity contribution < 1.29 is 19.1 Å². The second kappa shape index (κ2) is 11.9. The molecule has 0 aliphatic rings. The first kappa shape index (κ1) is 22.6. The molecule has 1 amide bonds. The summed E-state index contributed by atoms with van der Waals surface area (Å²) in [5, 5.41) is 2.80. The van der Waals surface area contributed by atoms with Crippen LogP contribution in [-0.4, -0.2) is 25.5 Å². The topological polar surface area (TPSA) is 64.6 Å². The quantitative estimate of drug-likeness (QED) is 0.393. The third kappa shape index (κ3) is 6.99. The van der Waals surface area contributed by atoms with Gasteiger partial charge in [-0.05, 0) is 29.3 Å². The van der Waals surface area contributed by atoms with Crippen LogP contribution < -0.4 is 10.1 Å². The highest BCUT2D eigenvalue weighted by Gasteiger charge is 2.20. The lowest BCUT2D eigenvalue weighted by molar-refractivity contribution is -0.143. The molecule has 1 atom stereocenters. The number of methoxy groups -OCH3 is 1. The summed E-state index contributed by atoms with van der Waals surface area (Å²) in [5.41, 5.74) is 2.47. The van der Waals surface area contributed by atoms with E-state index in [-0.39, 0.29) is 12.5 Å². The molecule has 162 valence electrons. The van der Waals surface area contributed by atoms with Crippen molar-refractivity contribution in [3.05, 3.63) is 114 Å². The van der Waals surface area contributed by atoms with Gasteiger partial charge in [0.25, 0.3) is 0 Å². The number of benzene rings is 3. The van der Waals surface area contributed by atoms with Crippen LogP contribution >= 0.6 is 0 Å². The first-order valence-electron chi connectivity index (χ1n) is 10.2. The molecule has 0 bridgehead atoms. The van der Waals surface area contributed by atoms with Gasteiger partial charge in [-0.25, -0.2) is 4.79 Å². The predicted molar refractivity (Wildman–Crippen MR) is 126 cm³/mol. The van der Waals surface area contributed by atoms with Crippen LogP contribution in [0.1, 0.15) is 22.8 Å². The van der Waals surface area contributed by atoms with Crippen LogP contribution in [0.3, 0.4) is 0 Å². The van der Waals surface area contributed by atoms with Gasteiger partial charge in [0.15, 0.2) is 0 Å². The number of amides is 1. The molecular weight excluding hydrogens is 402 g/mol. The van der Waals surface area contributed by atoms with E-state index >= 15 is 0 Å². The molecule has 0 saturated heterocycles. The maximum atomic E-state index is 12.5. The minimum atomic E-state index is -0.715. The summed E-state index contributed by atoms with van der Waals surface area (Å²) in [4.78, 5) is 24.8. The van der Waals surface area contributed by atoms with Crippen molar-refractivity contribution in [2.24, 2.45) is 0 Å². The second-order valence-corrected chi connectivity index (χ2v) is 6.90. The molecule has 5 heteroatoms. The standard InChI is InChI=1S/C27H25NO4/c1-31-24-15-9-8-14-23(24)25(32-27(30)19-17-22-12-6-3-7-13-22)20-28-26(29)18-16-21-10-4-2-5-11-21/h2-19,25H,20H2,1H3,(H,28,29). The number of carbonyl (C=O) groups is 2. The zero-order chi connectivity index (χ0) is 22.6. The summed E-state index contributed by atoms with van der Waals surface area (Å²) in [6.07, 6.45) is 5.51. The lowest BCUT2D eigenvalue weighted by Gasteiger charge is -2.20. The molecule has 0 aliphatic carbocycles. The van der Waals surface area contributed by atoms with Gasteiger partial charge < -0.3 is 14.8 Å². The average molecular weight is 428 g/mol. The van der Waals surface area contributed by atoms with Crippen LogP contribution in [0.4, 0.5) is 0 Å². The third-order valence-electron chi connectivity index (χ3n) is 4.64. The molecular formula is C27H25NO4. The zero-order valence-electron chi connectivity index (χ0n) is 17.8. The molecule has 0 fully saturated rings. The van der Waals surface area contributed by atoms with Crippen LogP contribution in [-0.2, 0) is 14.3 Å². The number of rotatable bonds is 9. The summed E-state index contributed by atoms with van der Waals surface area (Å²) in [6, 6.07) is 26.2. The molecule has 0 heterocycles. The highest BCUT2D eigenvalue weighted by Crippen LogP contribution is 2.27. The fourth-order valence-electron chi connectivity index (χ4n) is 3.04. The Morgan fingerprint density at radius 2 is 1.38 bits per heavy atom. The van der Waals surface area contributed by atoms with Gasteiger partial charge in [0.05, 0.1) is 13.7 Å². The normalized spacial score (nSPS) is 11.9. The van der Waals surface area contributed by atoms with Crippen molar-refractivity contribution in [3.8, 4) is 5.75 Å². The Bertz CT molecular complexity index is 1080. The first-order chi connectivity index (χ1) is 15.7. The average Bonchev–Trinajstić information content (AvgIpc) is 2.85. The summed E-state index contributed by atoms with van der Waals surface area (Å²) < 4.78 is 11.1. The SMILES string of the molecule is COc1ccccc1C(CNC(=O)C=Cc1ccccc1)OC(=O)C=Cc1ccccc1. The van der Waals surface area contributed by atoms with E-state index in [0.717, 1.165) is 11.1 Å². The van der Waals surface area contributed by atoms with Crippen molar-refractivity contribution in [2.75, 3.05) is 13.7 Å². The van der Waals surface area contributed by atoms with E-state index in [1.54, 1.807) is 25.3 Å². The molecule has 5 nitrogen and oxygen atoms in total. The highest BCUT2D eigenvalue weighted by molar-refractivity contribution is 5.91. The monoisotopic (exact) mass is 427 g/mol. The second-order valence-electron chi connectivity index (χ2n) is 6.90. The van der Waals surface area contributed by atoms with Gasteiger partial charge in [0, 0.05) is 17.7 Å². The Kier molecular flexibility index (Phi) is 8.40. The summed E-state index contributed by atoms with van der Waals surface area (Å²) >= 11 is 0. The first-order valence-corrected chi connectivity index (χ1v) is 10.2. The van der Waals surface area contributed by atoms with Crippen LogP contribution in [0.5, 0.6) is 5.75 Å². The van der Waals surface area contributed by atoms with E-state index < -0.39 is 12.1 Å². The Hall–Kier alpha value is -4.12. The van der Waals surface area contributed by atoms with Crippen LogP contribution in [0.2, 0.25) is 0 Å². The number of hydrogen-bond acceptors (Lipinski definition) is 4. The van der Waals surface area contributed by atoms with E-state index in [4.69, 9.17) is 9.47 Å². The molecule has 0 aromatic heterocycles. The van der Waals surface area contributed by atoms with Gasteiger partial charge in [-0.15, -0.1) is 0 Å². The molecule has 0 spiro atoms. The number of nitrogens with one attached hydrogen (secondary N) is 1. The van der Waals surface area contributed by atoms with Gasteiger partial charge in [-0.3, -0.25) is 4.79 Å². The van der Waals surface area contributed by atoms with Crippen molar-refractivity contribution in [1.29, 1.82) is 0 Å². The number of hydrogen-bond donors (Lipinski definition) is 1. The Morgan fingerprint density at radius 3 is 2.00 bits per heavy atom. The minimum Gasteiger partial charge on any atom is -0.496 e. The third-order valence-corrected chi connectivity index (χ3v) is 4.64. The summed E-state index contributed by atoms with van der Waals surface area (Å²) in [5.74, 6) is -0.227. The molecule has 3 aromatic rings. The Morgan fingerprint density at radius 1 is 0.812 bits per heavy atom.